The van der Waals surface area contributed by atoms with Crippen molar-refractivity contribution in [2.45, 2.75) is 0 Å². The molecule has 10 nitrogen and oxygen atoms in total. The molecule has 0 fully saturated rings. The molecule has 0 bridgehead atoms. The molecule has 0 amide bonds. The van der Waals surface area contributed by atoms with Gasteiger partial charge in [0.1, 0.15) is 33.5 Å². The third-order valence-corrected chi connectivity index (χ3v) is 28.9. The standard InChI is InChI=1S/C19H14N2.3C19H13NO.2C19H13NS/c1-21-18-9-5-3-7-13(18)15-10-17-14(11-19(15)21)12-6-2-4-8-16(12)20-17;1-20-15-8-4-2-7-14(15)18-16(20)11-10-13-12-6-3-5-9-17(12)21-19(13)18;1-20-16-8-4-2-6-12(16)14-11-19-15(10-17(14)20)13-7-3-5-9-18(13)21-19;1-20-14-8-4-2-6-12(14)18-15(20)10-11-17-19(18)13-7-3-5-9-16(13)21-17;1-20-16-8-4-2-6-12(16)14-11-19-15(10-17(14)20)13-7-3-5-9-18(13)21-19;1-20-14-8-4-2-6-12(14)18-15(20)10-11-17-19(18)13-7-3-5-9-16(13)21-17/h2-11,20H,1H3;5*2-11H,1H3. The lowest BCUT2D eigenvalue weighted by Crippen LogP contribution is -1.85. The Hall–Kier alpha value is -15.6. The Labute approximate surface area is 728 Å². The number of furan rings is 3. The average Bonchev–Trinajstić information content (AvgIpc) is 1.58. The average molecular weight is 1660 g/mol. The van der Waals surface area contributed by atoms with Crippen LogP contribution in [-0.4, -0.2) is 32.4 Å². The molecule has 12 aromatic heterocycles. The predicted molar refractivity (Wildman–Crippen MR) is 540 cm³/mol. The molecule has 0 unspecified atom stereocenters. The Morgan fingerprint density at radius 1 is 0.175 bits per heavy atom. The summed E-state index contributed by atoms with van der Waals surface area (Å²) in [6.45, 7) is 0. The summed E-state index contributed by atoms with van der Waals surface area (Å²) in [5.74, 6) is 0. The van der Waals surface area contributed by atoms with Crippen molar-refractivity contribution in [3.63, 3.8) is 0 Å². The largest absolute Gasteiger partial charge is 0.456 e. The zero-order valence-electron chi connectivity index (χ0n) is 69.9. The van der Waals surface area contributed by atoms with Gasteiger partial charge in [0.25, 0.3) is 0 Å². The van der Waals surface area contributed by atoms with Crippen LogP contribution in [0.2, 0.25) is 0 Å². The molecule has 12 heteroatoms. The smallest absolute Gasteiger partial charge is 0.145 e. The van der Waals surface area contributed by atoms with E-state index in [0.717, 1.165) is 33.5 Å². The van der Waals surface area contributed by atoms with Gasteiger partial charge in [0, 0.05) is 257 Å². The molecule has 0 spiro atoms. The summed E-state index contributed by atoms with van der Waals surface area (Å²) in [4.78, 5) is 3.53. The minimum Gasteiger partial charge on any atom is -0.456 e. The van der Waals surface area contributed by atoms with E-state index in [9.17, 15) is 0 Å². The van der Waals surface area contributed by atoms with Gasteiger partial charge in [-0.05, 0) is 146 Å². The van der Waals surface area contributed by atoms with Crippen LogP contribution in [0.4, 0.5) is 0 Å². The van der Waals surface area contributed by atoms with E-state index >= 15 is 0 Å². The van der Waals surface area contributed by atoms with Crippen molar-refractivity contribution in [3.8, 4) is 0 Å². The van der Waals surface area contributed by atoms with Gasteiger partial charge in [-0.3, -0.25) is 0 Å². The van der Waals surface area contributed by atoms with Crippen LogP contribution in [-0.2, 0) is 42.3 Å². The number of hydrogen-bond donors (Lipinski definition) is 1. The Balaban J connectivity index is 0.0000000824. The number of hydrogen-bond acceptors (Lipinski definition) is 5. The number of nitrogens with one attached hydrogen (secondary N) is 1. The number of nitrogens with zero attached hydrogens (tertiary/aromatic N) is 6. The molecule has 18 aromatic carbocycles. The number of thiophene rings is 2. The highest BCUT2D eigenvalue weighted by Gasteiger charge is 2.22. The molecular weight excluding hydrogens is 1580 g/mol. The molecule has 0 atom stereocenters. The molecule has 12 heterocycles. The van der Waals surface area contributed by atoms with Crippen molar-refractivity contribution >= 4 is 281 Å². The second kappa shape index (κ2) is 28.5. The molecule has 0 radical (unpaired) electrons. The van der Waals surface area contributed by atoms with Crippen molar-refractivity contribution < 1.29 is 13.3 Å². The molecule has 1 N–H and O–H groups in total. The topological polar surface area (TPSA) is 84.8 Å². The first-order valence-corrected chi connectivity index (χ1v) is 44.4. The number of aromatic amines is 1. The first-order valence-electron chi connectivity index (χ1n) is 42.8. The number of para-hydroxylation sites is 10. The highest BCUT2D eigenvalue weighted by atomic mass is 32.1. The Kier molecular flexibility index (Phi) is 16.5. The van der Waals surface area contributed by atoms with E-state index < -0.39 is 0 Å². The Morgan fingerprint density at radius 2 is 0.548 bits per heavy atom. The SMILES string of the molecule is Cn1c2ccccc2c2c3c(ccc21)oc1ccccc13.Cn1c2ccccc2c2c3c(ccc21)sc1ccccc13.Cn1c2ccccc2c2c3oc4ccccc4c3ccc21.Cn1c2ccccc2c2cc3[nH]c4ccccc4c3cc21.Cn1c2ccccc2c2cc3oc4ccccc4c3cc21.Cn1c2ccccc2c2cc3sc4ccccc4c3cc21. The minimum absolute atomic E-state index is 0.951. The van der Waals surface area contributed by atoms with Gasteiger partial charge in [-0.1, -0.05) is 218 Å². The van der Waals surface area contributed by atoms with E-state index in [0.29, 0.717) is 0 Å². The highest BCUT2D eigenvalue weighted by Crippen LogP contribution is 2.47. The Morgan fingerprint density at radius 3 is 1.13 bits per heavy atom. The molecule has 0 saturated carbocycles. The predicted octanol–water partition coefficient (Wildman–Crippen LogP) is 32.1. The van der Waals surface area contributed by atoms with Gasteiger partial charge in [-0.15, -0.1) is 22.7 Å². The van der Waals surface area contributed by atoms with E-state index in [-0.39, 0.29) is 0 Å². The fourth-order valence-electron chi connectivity index (χ4n) is 20.6. The van der Waals surface area contributed by atoms with Gasteiger partial charge in [0.05, 0.1) is 10.9 Å². The molecule has 0 saturated heterocycles. The molecule has 0 aliphatic heterocycles. The number of rotatable bonds is 0. The lowest BCUT2D eigenvalue weighted by Gasteiger charge is -1.98. The zero-order valence-corrected chi connectivity index (χ0v) is 71.5. The van der Waals surface area contributed by atoms with Crippen molar-refractivity contribution in [1.82, 2.24) is 32.4 Å². The summed E-state index contributed by atoms with van der Waals surface area (Å²) in [6.07, 6.45) is 0. The van der Waals surface area contributed by atoms with Crippen molar-refractivity contribution in [1.29, 1.82) is 0 Å². The van der Waals surface area contributed by atoms with Crippen LogP contribution in [0, 0.1) is 0 Å². The maximum absolute atomic E-state index is 6.17. The first kappa shape index (κ1) is 73.1. The van der Waals surface area contributed by atoms with Crippen LogP contribution in [0.5, 0.6) is 0 Å². The maximum Gasteiger partial charge on any atom is 0.145 e. The second-order valence-electron chi connectivity index (χ2n) is 33.3. The van der Waals surface area contributed by atoms with E-state index in [2.05, 4.69) is 402 Å². The third-order valence-electron chi connectivity index (χ3n) is 26.6. The van der Waals surface area contributed by atoms with Crippen LogP contribution in [0.25, 0.3) is 259 Å². The lowest BCUT2D eigenvalue weighted by atomic mass is 10.1. The molecule has 0 aliphatic rings. The van der Waals surface area contributed by atoms with E-state index in [1.54, 1.807) is 0 Å². The summed E-state index contributed by atoms with van der Waals surface area (Å²) in [7, 11) is 12.8. The van der Waals surface area contributed by atoms with Crippen LogP contribution >= 0.6 is 22.7 Å². The highest BCUT2D eigenvalue weighted by molar-refractivity contribution is 7.26. The maximum atomic E-state index is 6.17. The molecule has 30 rings (SSSR count). The van der Waals surface area contributed by atoms with Gasteiger partial charge >= 0.3 is 0 Å². The summed E-state index contributed by atoms with van der Waals surface area (Å²) in [5.41, 5.74) is 23.4. The number of benzene rings is 18. The van der Waals surface area contributed by atoms with E-state index in [1.165, 1.54) is 225 Å². The fourth-order valence-corrected chi connectivity index (χ4v) is 22.9. The molecular formula is C114H79N7O3S2. The molecule has 30 aromatic rings. The normalized spacial score (nSPS) is 12.0. The van der Waals surface area contributed by atoms with Crippen molar-refractivity contribution in [2.24, 2.45) is 42.3 Å². The number of aryl methyl sites for hydroxylation is 6. The van der Waals surface area contributed by atoms with Gasteiger partial charge in [-0.2, -0.15) is 0 Å². The molecule has 600 valence electrons. The fraction of sp³-hybridized carbons (Fsp3) is 0.0526. The minimum atomic E-state index is 0.951. The molecule has 0 aliphatic carbocycles. The lowest BCUT2D eigenvalue weighted by molar-refractivity contribution is 0.669. The summed E-state index contributed by atoms with van der Waals surface area (Å²) >= 11 is 3.77. The third kappa shape index (κ3) is 11.1. The number of H-pyrrole nitrogens is 1. The first-order chi connectivity index (χ1) is 62.0. The number of aromatic nitrogens is 7. The Bertz CT molecular complexity index is 9110. The van der Waals surface area contributed by atoms with Gasteiger partial charge in [-0.25, -0.2) is 0 Å². The summed E-state index contributed by atoms with van der Waals surface area (Å²) < 4.78 is 37.3. The van der Waals surface area contributed by atoms with Crippen LogP contribution < -0.4 is 0 Å². The molecule has 126 heavy (non-hydrogen) atoms. The summed E-state index contributed by atoms with van der Waals surface area (Å²) in [5, 5.41) is 30.9. The van der Waals surface area contributed by atoms with Gasteiger partial charge in [0.15, 0.2) is 0 Å². The van der Waals surface area contributed by atoms with Crippen molar-refractivity contribution in [2.75, 3.05) is 0 Å². The second-order valence-corrected chi connectivity index (χ2v) is 35.4. The van der Waals surface area contributed by atoms with E-state index in [1.807, 2.05) is 59.1 Å². The van der Waals surface area contributed by atoms with Crippen molar-refractivity contribution in [3.05, 3.63) is 364 Å². The van der Waals surface area contributed by atoms with Gasteiger partial charge < -0.3 is 45.6 Å². The quantitative estimate of drug-likeness (QED) is 0.164. The monoisotopic (exact) mass is 1660 g/mol. The van der Waals surface area contributed by atoms with E-state index in [4.69, 9.17) is 13.3 Å². The van der Waals surface area contributed by atoms with Gasteiger partial charge in [0.2, 0.25) is 0 Å². The van der Waals surface area contributed by atoms with Crippen LogP contribution in [0.3, 0.4) is 0 Å². The zero-order chi connectivity index (χ0) is 83.8. The van der Waals surface area contributed by atoms with Crippen LogP contribution in [0.1, 0.15) is 0 Å². The number of fused-ring (bicyclic) bond motifs is 39. The summed E-state index contributed by atoms with van der Waals surface area (Å²) in [6, 6.07) is 129. The van der Waals surface area contributed by atoms with Crippen LogP contribution in [0.15, 0.2) is 377 Å².